The smallest absolute Gasteiger partial charge is 0.267 e. The minimum atomic E-state index is -0.218. The number of halogens is 3. The van der Waals surface area contributed by atoms with Gasteiger partial charge < -0.3 is 0 Å². The van der Waals surface area contributed by atoms with E-state index in [9.17, 15) is 4.79 Å². The van der Waals surface area contributed by atoms with E-state index in [1.807, 2.05) is 12.1 Å². The first-order chi connectivity index (χ1) is 11.6. The van der Waals surface area contributed by atoms with E-state index in [0.717, 1.165) is 0 Å². The minimum absolute atomic E-state index is 0.171. The Bertz CT molecular complexity index is 1150. The van der Waals surface area contributed by atoms with Crippen molar-refractivity contribution in [3.05, 3.63) is 68.7 Å². The van der Waals surface area contributed by atoms with E-state index in [4.69, 9.17) is 34.8 Å². The second-order valence-corrected chi connectivity index (χ2v) is 6.22. The zero-order valence-electron chi connectivity index (χ0n) is 12.1. The summed E-state index contributed by atoms with van der Waals surface area (Å²) in [5, 5.41) is 9.53. The van der Waals surface area contributed by atoms with Crippen LogP contribution in [0.3, 0.4) is 0 Å². The molecule has 0 aliphatic heterocycles. The van der Waals surface area contributed by atoms with Crippen LogP contribution >= 0.6 is 34.8 Å². The first-order valence-corrected chi connectivity index (χ1v) is 8.30. The standard InChI is InChI=1S/C16H9Cl3N4O/c17-8-14-20-21-16-22(9-5-6-11(18)12(19)7-9)15(24)10-3-1-2-4-13(10)23(14)16/h1-7H,8H2. The second kappa shape index (κ2) is 5.77. The molecule has 0 atom stereocenters. The topological polar surface area (TPSA) is 52.2 Å². The van der Waals surface area contributed by atoms with E-state index in [-0.39, 0.29) is 11.4 Å². The molecule has 0 radical (unpaired) electrons. The SMILES string of the molecule is O=c1c2ccccc2n2c(CCl)nnc2n1-c1ccc(Cl)c(Cl)c1. The largest absolute Gasteiger partial charge is 0.268 e. The lowest BCUT2D eigenvalue weighted by molar-refractivity contribution is 0.963. The van der Waals surface area contributed by atoms with E-state index in [0.29, 0.717) is 38.2 Å². The number of benzene rings is 2. The van der Waals surface area contributed by atoms with Gasteiger partial charge in [-0.25, -0.2) is 4.57 Å². The molecule has 4 rings (SSSR count). The van der Waals surface area contributed by atoms with Crippen LogP contribution in [0.25, 0.3) is 22.4 Å². The van der Waals surface area contributed by atoms with Crippen molar-refractivity contribution in [2.45, 2.75) is 5.88 Å². The van der Waals surface area contributed by atoms with Crippen LogP contribution in [0.4, 0.5) is 0 Å². The molecule has 0 bridgehead atoms. The summed E-state index contributed by atoms with van der Waals surface area (Å²) >= 11 is 18.1. The molecule has 5 nitrogen and oxygen atoms in total. The van der Waals surface area contributed by atoms with Crippen molar-refractivity contribution >= 4 is 51.5 Å². The average Bonchev–Trinajstić information content (AvgIpc) is 3.02. The van der Waals surface area contributed by atoms with Gasteiger partial charge in [-0.2, -0.15) is 0 Å². The van der Waals surface area contributed by atoms with Crippen LogP contribution in [0, 0.1) is 0 Å². The Morgan fingerprint density at radius 1 is 1.00 bits per heavy atom. The molecule has 0 saturated heterocycles. The fourth-order valence-electron chi connectivity index (χ4n) is 2.70. The fraction of sp³-hybridized carbons (Fsp3) is 0.0625. The Balaban J connectivity index is 2.22. The summed E-state index contributed by atoms with van der Waals surface area (Å²) in [5.74, 6) is 1.09. The number of fused-ring (bicyclic) bond motifs is 3. The van der Waals surface area contributed by atoms with Gasteiger partial charge in [0.15, 0.2) is 5.82 Å². The highest BCUT2D eigenvalue weighted by atomic mass is 35.5. The number of aromatic nitrogens is 4. The zero-order chi connectivity index (χ0) is 16.8. The third-order valence-electron chi connectivity index (χ3n) is 3.77. The molecule has 0 amide bonds. The maximum atomic E-state index is 13.0. The first kappa shape index (κ1) is 15.4. The van der Waals surface area contributed by atoms with Gasteiger partial charge >= 0.3 is 0 Å². The summed E-state index contributed by atoms with van der Waals surface area (Å²) in [7, 11) is 0. The van der Waals surface area contributed by atoms with Crippen LogP contribution in [0.2, 0.25) is 10.0 Å². The predicted molar refractivity (Wildman–Crippen MR) is 95.7 cm³/mol. The normalized spacial score (nSPS) is 11.5. The summed E-state index contributed by atoms with van der Waals surface area (Å²) < 4.78 is 3.22. The van der Waals surface area contributed by atoms with Crippen LogP contribution in [0.1, 0.15) is 5.82 Å². The minimum Gasteiger partial charge on any atom is -0.268 e. The number of hydrogen-bond acceptors (Lipinski definition) is 3. The first-order valence-electron chi connectivity index (χ1n) is 7.01. The van der Waals surface area contributed by atoms with Gasteiger partial charge in [0.05, 0.1) is 32.5 Å². The number of hydrogen-bond donors (Lipinski definition) is 0. The van der Waals surface area contributed by atoms with Crippen LogP contribution in [0.15, 0.2) is 47.3 Å². The summed E-state index contributed by atoms with van der Waals surface area (Å²) in [6.07, 6.45) is 0. The van der Waals surface area contributed by atoms with Crippen molar-refractivity contribution in [1.82, 2.24) is 19.2 Å². The van der Waals surface area contributed by atoms with Gasteiger partial charge in [0.25, 0.3) is 5.56 Å². The van der Waals surface area contributed by atoms with Gasteiger partial charge in [0, 0.05) is 0 Å². The second-order valence-electron chi connectivity index (χ2n) is 5.14. The fourth-order valence-corrected chi connectivity index (χ4v) is 3.17. The van der Waals surface area contributed by atoms with Crippen molar-refractivity contribution in [2.24, 2.45) is 0 Å². The molecule has 0 aliphatic carbocycles. The number of alkyl halides is 1. The molecule has 4 aromatic rings. The van der Waals surface area contributed by atoms with Crippen molar-refractivity contribution in [3.63, 3.8) is 0 Å². The highest BCUT2D eigenvalue weighted by Gasteiger charge is 2.17. The van der Waals surface area contributed by atoms with Gasteiger partial charge in [-0.05, 0) is 30.3 Å². The molecular formula is C16H9Cl3N4O. The number of rotatable bonds is 2. The Hall–Kier alpha value is -2.08. The van der Waals surface area contributed by atoms with Gasteiger partial charge in [-0.1, -0.05) is 35.3 Å². The Morgan fingerprint density at radius 3 is 2.54 bits per heavy atom. The molecule has 2 aromatic heterocycles. The van der Waals surface area contributed by atoms with Crippen molar-refractivity contribution < 1.29 is 0 Å². The highest BCUT2D eigenvalue weighted by Crippen LogP contribution is 2.25. The van der Waals surface area contributed by atoms with E-state index < -0.39 is 0 Å². The molecule has 0 aliphatic rings. The molecule has 24 heavy (non-hydrogen) atoms. The maximum absolute atomic E-state index is 13.0. The van der Waals surface area contributed by atoms with E-state index >= 15 is 0 Å². The Kier molecular flexibility index (Phi) is 3.72. The lowest BCUT2D eigenvalue weighted by Gasteiger charge is -2.11. The molecule has 2 heterocycles. The molecule has 0 unspecified atom stereocenters. The van der Waals surface area contributed by atoms with Gasteiger partial charge in [0.2, 0.25) is 5.78 Å². The summed E-state index contributed by atoms with van der Waals surface area (Å²) in [5.41, 5.74) is 1.04. The summed E-state index contributed by atoms with van der Waals surface area (Å²) in [6, 6.07) is 12.2. The Labute approximate surface area is 151 Å². The zero-order valence-corrected chi connectivity index (χ0v) is 14.3. The third kappa shape index (κ3) is 2.20. The Morgan fingerprint density at radius 2 is 1.79 bits per heavy atom. The third-order valence-corrected chi connectivity index (χ3v) is 4.75. The van der Waals surface area contributed by atoms with Gasteiger partial charge in [0.1, 0.15) is 0 Å². The lowest BCUT2D eigenvalue weighted by atomic mass is 10.2. The maximum Gasteiger partial charge on any atom is 0.267 e. The van der Waals surface area contributed by atoms with Crippen molar-refractivity contribution in [3.8, 4) is 5.69 Å². The summed E-state index contributed by atoms with van der Waals surface area (Å²) in [4.78, 5) is 13.0. The quantitative estimate of drug-likeness (QED) is 0.493. The van der Waals surface area contributed by atoms with Crippen molar-refractivity contribution in [2.75, 3.05) is 0 Å². The van der Waals surface area contributed by atoms with E-state index in [1.54, 1.807) is 34.7 Å². The molecule has 0 fully saturated rings. The highest BCUT2D eigenvalue weighted by molar-refractivity contribution is 6.42. The number of nitrogens with zero attached hydrogens (tertiary/aromatic N) is 4. The molecular weight excluding hydrogens is 371 g/mol. The van der Waals surface area contributed by atoms with Crippen LogP contribution < -0.4 is 5.56 Å². The molecule has 0 spiro atoms. The van der Waals surface area contributed by atoms with Crippen LogP contribution in [-0.4, -0.2) is 19.2 Å². The molecule has 2 aromatic carbocycles. The predicted octanol–water partition coefficient (Wildman–Crippen LogP) is 4.08. The van der Waals surface area contributed by atoms with Gasteiger partial charge in [-0.15, -0.1) is 21.8 Å². The molecule has 0 saturated carbocycles. The number of para-hydroxylation sites is 1. The molecule has 8 heteroatoms. The molecule has 120 valence electrons. The van der Waals surface area contributed by atoms with Crippen LogP contribution in [-0.2, 0) is 5.88 Å². The van der Waals surface area contributed by atoms with E-state index in [2.05, 4.69) is 10.2 Å². The average molecular weight is 380 g/mol. The monoisotopic (exact) mass is 378 g/mol. The van der Waals surface area contributed by atoms with Gasteiger partial charge in [-0.3, -0.25) is 9.20 Å². The molecule has 0 N–H and O–H groups in total. The van der Waals surface area contributed by atoms with Crippen molar-refractivity contribution in [1.29, 1.82) is 0 Å². The summed E-state index contributed by atoms with van der Waals surface area (Å²) in [6.45, 7) is 0. The lowest BCUT2D eigenvalue weighted by Crippen LogP contribution is -2.22. The van der Waals surface area contributed by atoms with Crippen LogP contribution in [0.5, 0.6) is 0 Å². The van der Waals surface area contributed by atoms with E-state index in [1.165, 1.54) is 4.57 Å².